The highest BCUT2D eigenvalue weighted by Gasteiger charge is 2.07. The lowest BCUT2D eigenvalue weighted by molar-refractivity contribution is -0.104. The molecule has 6 N–H and O–H groups in total. The van der Waals surface area contributed by atoms with Gasteiger partial charge in [0.25, 0.3) is 0 Å². The number of aldehydes is 1. The number of nitrogens with two attached hydrogens (primary N) is 2. The Hall–Kier alpha value is -3.03. The number of rotatable bonds is 3. The Morgan fingerprint density at radius 3 is 2.31 bits per heavy atom. The summed E-state index contributed by atoms with van der Waals surface area (Å²) in [5.41, 5.74) is 13.5. The van der Waals surface area contributed by atoms with Crippen molar-refractivity contribution >= 4 is 23.9 Å². The summed E-state index contributed by atoms with van der Waals surface area (Å²) in [6.45, 7) is 9.94. The van der Waals surface area contributed by atoms with Crippen molar-refractivity contribution in [1.82, 2.24) is 9.88 Å². The van der Waals surface area contributed by atoms with Gasteiger partial charge in [-0.15, -0.1) is 0 Å². The number of nitrogens with zero attached hydrogens (tertiary/aromatic N) is 1. The minimum atomic E-state index is 0.158. The lowest BCUT2D eigenvalue weighted by Crippen LogP contribution is -2.10. The molecule has 2 fully saturated rings. The minimum absolute atomic E-state index is 0.158. The summed E-state index contributed by atoms with van der Waals surface area (Å²) in [5.74, 6) is 1.54. The summed E-state index contributed by atoms with van der Waals surface area (Å²) in [6, 6.07) is 8.73. The first kappa shape index (κ1) is 27.0. The van der Waals surface area contributed by atoms with Crippen LogP contribution < -0.4 is 11.5 Å². The van der Waals surface area contributed by atoms with E-state index in [9.17, 15) is 5.11 Å². The first-order chi connectivity index (χ1) is 15.4. The Morgan fingerprint density at radius 1 is 1.28 bits per heavy atom. The molecule has 0 saturated carbocycles. The number of para-hydroxylation sites is 1. The number of aromatic hydroxyl groups is 1. The average molecular weight is 443 g/mol. The van der Waals surface area contributed by atoms with Gasteiger partial charge in [-0.3, -0.25) is 4.79 Å². The van der Waals surface area contributed by atoms with Crippen molar-refractivity contribution in [3.63, 3.8) is 0 Å². The summed E-state index contributed by atoms with van der Waals surface area (Å²) >= 11 is 0. The van der Waals surface area contributed by atoms with Crippen LogP contribution in [-0.2, 0) is 9.53 Å². The Balaban J connectivity index is 0.000000261. The van der Waals surface area contributed by atoms with E-state index in [1.54, 1.807) is 30.5 Å². The first-order valence-electron chi connectivity index (χ1n) is 10.9. The van der Waals surface area contributed by atoms with Crippen molar-refractivity contribution < 1.29 is 14.6 Å². The van der Waals surface area contributed by atoms with Gasteiger partial charge in [0.05, 0.1) is 0 Å². The lowest BCUT2D eigenvalue weighted by Gasteiger charge is -2.04. The number of allylic oxidation sites excluding steroid dienone is 1. The molecule has 0 radical (unpaired) electrons. The average Bonchev–Trinajstić information content (AvgIpc) is 3.55. The molecule has 1 unspecified atom stereocenters. The van der Waals surface area contributed by atoms with E-state index >= 15 is 0 Å². The Labute approximate surface area is 191 Å². The third-order valence-electron chi connectivity index (χ3n) is 4.92. The number of hydrogen-bond donors (Lipinski definition) is 4. The van der Waals surface area contributed by atoms with Gasteiger partial charge in [-0.25, -0.2) is 0 Å². The number of benzene rings is 1. The van der Waals surface area contributed by atoms with E-state index < -0.39 is 0 Å². The maximum Gasteiger partial charge on any atom is 0.142 e. The number of aromatic amines is 1. The highest BCUT2D eigenvalue weighted by atomic mass is 16.5. The van der Waals surface area contributed by atoms with E-state index in [4.69, 9.17) is 21.0 Å². The number of likely N-dealkylation sites (tertiary alicyclic amines) is 1. The molecule has 3 heterocycles. The van der Waals surface area contributed by atoms with Gasteiger partial charge in [0.2, 0.25) is 0 Å². The molecule has 7 heteroatoms. The van der Waals surface area contributed by atoms with Gasteiger partial charge < -0.3 is 31.2 Å². The largest absolute Gasteiger partial charge is 0.507 e. The van der Waals surface area contributed by atoms with Crippen LogP contribution >= 0.6 is 0 Å². The molecule has 2 saturated heterocycles. The van der Waals surface area contributed by atoms with Gasteiger partial charge in [0.1, 0.15) is 17.9 Å². The fourth-order valence-corrected chi connectivity index (χ4v) is 3.01. The number of ether oxygens (including phenoxy) is 1. The molecule has 2 aromatic rings. The molecule has 0 spiro atoms. The van der Waals surface area contributed by atoms with Crippen molar-refractivity contribution in [2.45, 2.75) is 26.2 Å². The van der Waals surface area contributed by atoms with Crippen molar-refractivity contribution in [3.05, 3.63) is 60.3 Å². The van der Waals surface area contributed by atoms with Crippen LogP contribution in [0.2, 0.25) is 0 Å². The van der Waals surface area contributed by atoms with Gasteiger partial charge in [0.15, 0.2) is 0 Å². The molecule has 7 nitrogen and oxygen atoms in total. The van der Waals surface area contributed by atoms with Crippen LogP contribution in [-0.4, -0.2) is 54.6 Å². The topological polar surface area (TPSA) is 118 Å². The first-order valence-corrected chi connectivity index (χ1v) is 10.9. The molecule has 1 aromatic carbocycles. The zero-order valence-electron chi connectivity index (χ0n) is 19.3. The molecule has 0 amide bonds. The van der Waals surface area contributed by atoms with E-state index in [1.165, 1.54) is 38.4 Å². The molecule has 32 heavy (non-hydrogen) atoms. The predicted molar refractivity (Wildman–Crippen MR) is 133 cm³/mol. The third kappa shape index (κ3) is 10.8. The maximum absolute atomic E-state index is 9.62. The molecule has 176 valence electrons. The maximum atomic E-state index is 9.62. The number of carbonyl (C=O) groups excluding carboxylic acids is 1. The number of phenolic OH excluding ortho intramolecular Hbond substituents is 1. The van der Waals surface area contributed by atoms with Gasteiger partial charge in [-0.1, -0.05) is 25.6 Å². The zero-order valence-corrected chi connectivity index (χ0v) is 19.3. The van der Waals surface area contributed by atoms with Crippen molar-refractivity contribution in [2.75, 3.05) is 39.1 Å². The molecule has 0 bridgehead atoms. The van der Waals surface area contributed by atoms with Crippen LogP contribution in [0.3, 0.4) is 0 Å². The van der Waals surface area contributed by atoms with Gasteiger partial charge >= 0.3 is 0 Å². The standard InChI is InChI=1S/C12H13N3O.C5H11N.C5H10O.C3H4O/c13-10(7-8-5-6-15-12(8)14)9-3-1-2-4-11(9)16;1-6-4-2-3-5-6;1-5-2-3-6-4-5;1-2-3-4/h1-7,15-16H,13-14H2;2-5H2,1H3;5H,2-4H2,1H3;2-3H,1H2/b10-7-;;;. The van der Waals surface area contributed by atoms with Crippen LogP contribution in [0.5, 0.6) is 5.75 Å². The Morgan fingerprint density at radius 2 is 1.94 bits per heavy atom. The van der Waals surface area contributed by atoms with Crippen LogP contribution in [0, 0.1) is 5.92 Å². The van der Waals surface area contributed by atoms with Gasteiger partial charge in [0, 0.05) is 36.2 Å². The molecule has 1 atom stereocenters. The second-order valence-corrected chi connectivity index (χ2v) is 7.81. The molecule has 0 aliphatic carbocycles. The lowest BCUT2D eigenvalue weighted by atomic mass is 10.1. The smallest absolute Gasteiger partial charge is 0.142 e. The van der Waals surface area contributed by atoms with Crippen LogP contribution in [0.15, 0.2) is 49.2 Å². The number of H-pyrrole nitrogens is 1. The number of anilines is 1. The number of hydrogen-bond acceptors (Lipinski definition) is 6. The van der Waals surface area contributed by atoms with Crippen LogP contribution in [0.25, 0.3) is 11.8 Å². The van der Waals surface area contributed by atoms with Crippen molar-refractivity contribution in [3.8, 4) is 5.75 Å². The van der Waals surface area contributed by atoms with Crippen LogP contribution in [0.1, 0.15) is 37.3 Å². The Kier molecular flexibility index (Phi) is 13.3. The number of nitrogens with one attached hydrogen (secondary N) is 1. The summed E-state index contributed by atoms with van der Waals surface area (Å²) in [6.07, 6.45) is 9.38. The number of aromatic nitrogens is 1. The van der Waals surface area contributed by atoms with E-state index in [0.29, 0.717) is 23.4 Å². The summed E-state index contributed by atoms with van der Waals surface area (Å²) in [4.78, 5) is 14.3. The molecule has 2 aliphatic rings. The highest BCUT2D eigenvalue weighted by molar-refractivity contribution is 5.84. The van der Waals surface area contributed by atoms with Crippen molar-refractivity contribution in [2.24, 2.45) is 11.7 Å². The molecular weight excluding hydrogens is 404 g/mol. The number of carbonyl (C=O) groups is 1. The molecule has 2 aliphatic heterocycles. The second kappa shape index (κ2) is 15.7. The monoisotopic (exact) mass is 442 g/mol. The summed E-state index contributed by atoms with van der Waals surface area (Å²) in [5, 5.41) is 9.62. The van der Waals surface area contributed by atoms with E-state index in [0.717, 1.165) is 24.7 Å². The number of nitrogen functional groups attached to an aromatic ring is 1. The fraction of sp³-hybridized carbons (Fsp3) is 0.400. The van der Waals surface area contributed by atoms with Gasteiger partial charge in [-0.2, -0.15) is 0 Å². The van der Waals surface area contributed by atoms with Gasteiger partial charge in [-0.05, 0) is 75.7 Å². The summed E-state index contributed by atoms with van der Waals surface area (Å²) in [7, 11) is 2.17. The second-order valence-electron chi connectivity index (χ2n) is 7.81. The quantitative estimate of drug-likeness (QED) is 0.423. The molecule has 1 aromatic heterocycles. The van der Waals surface area contributed by atoms with E-state index in [2.05, 4.69) is 30.4 Å². The van der Waals surface area contributed by atoms with E-state index in [-0.39, 0.29) is 5.75 Å². The zero-order chi connectivity index (χ0) is 23.8. The highest BCUT2D eigenvalue weighted by Crippen LogP contribution is 2.24. The molecular formula is C25H38N4O3. The minimum Gasteiger partial charge on any atom is -0.507 e. The SMILES string of the molecule is C=CC=O.CC1CCOC1.CN1CCCC1.N/C(=C\c1cc[nH]c1N)c1ccccc1O. The van der Waals surface area contributed by atoms with E-state index in [1.807, 2.05) is 12.1 Å². The molecule has 4 rings (SSSR count). The number of phenols is 1. The predicted octanol–water partition coefficient (Wildman–Crippen LogP) is 3.89. The normalized spacial score (nSPS) is 17.7. The van der Waals surface area contributed by atoms with Crippen LogP contribution in [0.4, 0.5) is 5.82 Å². The van der Waals surface area contributed by atoms with Crippen molar-refractivity contribution in [1.29, 1.82) is 0 Å². The third-order valence-corrected chi connectivity index (χ3v) is 4.92. The Bertz CT molecular complexity index is 800. The summed E-state index contributed by atoms with van der Waals surface area (Å²) < 4.78 is 5.06. The fourth-order valence-electron chi connectivity index (χ4n) is 3.01.